The number of hydrogen-bond donors (Lipinski definition) is 3. The fourth-order valence-electron chi connectivity index (χ4n) is 3.62. The number of hydrogen-bond acceptors (Lipinski definition) is 7. The number of nitrogen functional groups attached to an aromatic ring is 1. The fraction of sp³-hybridized carbons (Fsp3) is 0.238. The van der Waals surface area contributed by atoms with Gasteiger partial charge < -0.3 is 16.4 Å². The normalized spacial score (nSPS) is 15.2. The summed E-state index contributed by atoms with van der Waals surface area (Å²) in [6.45, 7) is 1.53. The quantitative estimate of drug-likeness (QED) is 0.419. The number of nitrogens with two attached hydrogens (primary N) is 1. The first kappa shape index (κ1) is 25.4. The van der Waals surface area contributed by atoms with E-state index in [-0.39, 0.29) is 39.3 Å². The lowest BCUT2D eigenvalue weighted by Gasteiger charge is -2.27. The maximum absolute atomic E-state index is 13.4. The topological polar surface area (TPSA) is 149 Å². The second-order valence-electron chi connectivity index (χ2n) is 8.09. The molecule has 1 saturated heterocycles. The molecule has 3 heterocycles. The molecule has 36 heavy (non-hydrogen) atoms. The SMILES string of the molecule is Cc1cc(N)cc(C(=O)NC2CS(=O)(=O)C2)c1NC(=O)c1cc(C(F)(F)F)nn1-c1ncccc1Cl. The first-order valence-corrected chi connectivity index (χ1v) is 12.5. The Morgan fingerprint density at radius 2 is 1.89 bits per heavy atom. The van der Waals surface area contributed by atoms with Gasteiger partial charge in [0.1, 0.15) is 5.69 Å². The van der Waals surface area contributed by atoms with Crippen LogP contribution in [0.2, 0.25) is 5.02 Å². The second kappa shape index (κ2) is 9.09. The number of sulfone groups is 1. The number of nitrogens with one attached hydrogen (secondary N) is 2. The van der Waals surface area contributed by atoms with Crippen LogP contribution in [0.3, 0.4) is 0 Å². The van der Waals surface area contributed by atoms with Gasteiger partial charge in [-0.2, -0.15) is 18.3 Å². The number of anilines is 2. The highest BCUT2D eigenvalue weighted by Crippen LogP contribution is 2.31. The molecule has 4 rings (SSSR count). The molecule has 2 amide bonds. The lowest BCUT2D eigenvalue weighted by atomic mass is 10.0. The van der Waals surface area contributed by atoms with E-state index in [4.69, 9.17) is 17.3 Å². The Morgan fingerprint density at radius 1 is 1.19 bits per heavy atom. The van der Waals surface area contributed by atoms with Crippen LogP contribution in [0.25, 0.3) is 5.82 Å². The maximum Gasteiger partial charge on any atom is 0.435 e. The molecular weight excluding hydrogens is 525 g/mol. The number of carbonyl (C=O) groups excluding carboxylic acids is 2. The van der Waals surface area contributed by atoms with Crippen LogP contribution < -0.4 is 16.4 Å². The Bertz CT molecular complexity index is 1480. The van der Waals surface area contributed by atoms with Gasteiger partial charge in [-0.05, 0) is 36.8 Å². The van der Waals surface area contributed by atoms with Crippen molar-refractivity contribution in [1.82, 2.24) is 20.1 Å². The largest absolute Gasteiger partial charge is 0.435 e. The molecule has 15 heteroatoms. The van der Waals surface area contributed by atoms with Crippen molar-refractivity contribution < 1.29 is 31.2 Å². The van der Waals surface area contributed by atoms with Gasteiger partial charge in [-0.1, -0.05) is 11.6 Å². The maximum atomic E-state index is 13.4. The van der Waals surface area contributed by atoms with Crippen LogP contribution in [0.15, 0.2) is 36.5 Å². The van der Waals surface area contributed by atoms with Gasteiger partial charge in [0.25, 0.3) is 11.8 Å². The van der Waals surface area contributed by atoms with Crippen molar-refractivity contribution in [2.24, 2.45) is 0 Å². The Balaban J connectivity index is 1.71. The molecule has 0 spiro atoms. The van der Waals surface area contributed by atoms with Crippen LogP contribution in [-0.2, 0) is 16.0 Å². The van der Waals surface area contributed by atoms with Gasteiger partial charge in [0.2, 0.25) is 0 Å². The van der Waals surface area contributed by atoms with Crippen molar-refractivity contribution in [2.75, 3.05) is 22.6 Å². The minimum atomic E-state index is -4.87. The predicted molar refractivity (Wildman–Crippen MR) is 125 cm³/mol. The molecule has 0 radical (unpaired) electrons. The molecule has 1 aliphatic rings. The van der Waals surface area contributed by atoms with Gasteiger partial charge in [-0.3, -0.25) is 9.59 Å². The van der Waals surface area contributed by atoms with E-state index in [0.29, 0.717) is 16.3 Å². The second-order valence-corrected chi connectivity index (χ2v) is 10.7. The van der Waals surface area contributed by atoms with Gasteiger partial charge in [-0.25, -0.2) is 18.1 Å². The molecule has 0 atom stereocenters. The number of alkyl halides is 3. The van der Waals surface area contributed by atoms with Crippen molar-refractivity contribution in [2.45, 2.75) is 19.1 Å². The van der Waals surface area contributed by atoms with E-state index in [1.54, 1.807) is 0 Å². The van der Waals surface area contributed by atoms with E-state index in [1.807, 2.05) is 0 Å². The first-order chi connectivity index (χ1) is 16.7. The molecule has 2 aromatic heterocycles. The summed E-state index contributed by atoms with van der Waals surface area (Å²) in [5, 5.41) is 8.41. The van der Waals surface area contributed by atoms with Crippen molar-refractivity contribution in [1.29, 1.82) is 0 Å². The number of pyridine rings is 1. The van der Waals surface area contributed by atoms with Gasteiger partial charge >= 0.3 is 6.18 Å². The minimum absolute atomic E-state index is 0.0256. The minimum Gasteiger partial charge on any atom is -0.399 e. The average molecular weight is 543 g/mol. The number of nitrogens with zero attached hydrogens (tertiary/aromatic N) is 3. The van der Waals surface area contributed by atoms with Crippen molar-refractivity contribution in [3.05, 3.63) is 64.1 Å². The van der Waals surface area contributed by atoms with E-state index in [9.17, 15) is 31.2 Å². The smallest absolute Gasteiger partial charge is 0.399 e. The third kappa shape index (κ3) is 5.14. The first-order valence-electron chi connectivity index (χ1n) is 10.3. The summed E-state index contributed by atoms with van der Waals surface area (Å²) in [6, 6.07) is 5.46. The molecule has 10 nitrogen and oxygen atoms in total. The highest BCUT2D eigenvalue weighted by molar-refractivity contribution is 7.92. The van der Waals surface area contributed by atoms with Crippen molar-refractivity contribution in [3.8, 4) is 5.82 Å². The van der Waals surface area contributed by atoms with Gasteiger partial charge in [0, 0.05) is 18.0 Å². The standard InChI is InChI=1S/C21H18ClF3N6O4S/c1-10-5-11(26)6-13(19(32)28-12-8-36(34,35)9-12)17(10)29-20(33)15-7-16(21(23,24)25)30-31(15)18-14(22)3-2-4-27-18/h2-7,12H,8-9,26H2,1H3,(H,28,32)(H,29,33). The molecular formula is C21H18ClF3N6O4S. The van der Waals surface area contributed by atoms with E-state index in [1.165, 1.54) is 37.4 Å². The third-order valence-electron chi connectivity index (χ3n) is 5.26. The summed E-state index contributed by atoms with van der Waals surface area (Å²) in [6.07, 6.45) is -3.60. The molecule has 0 saturated carbocycles. The Morgan fingerprint density at radius 3 is 2.50 bits per heavy atom. The zero-order valence-electron chi connectivity index (χ0n) is 18.4. The van der Waals surface area contributed by atoms with Gasteiger partial charge in [0.05, 0.1) is 33.8 Å². The fourth-order valence-corrected chi connectivity index (χ4v) is 5.12. The molecule has 1 aliphatic heterocycles. The Hall–Kier alpha value is -3.65. The number of rotatable bonds is 5. The molecule has 1 aromatic carbocycles. The molecule has 190 valence electrons. The van der Waals surface area contributed by atoms with Crippen LogP contribution in [0.1, 0.15) is 32.1 Å². The van der Waals surface area contributed by atoms with Crippen LogP contribution in [-0.4, -0.2) is 52.5 Å². The van der Waals surface area contributed by atoms with Gasteiger partial charge in [-0.15, -0.1) is 0 Å². The van der Waals surface area contributed by atoms with Crippen LogP contribution in [0.4, 0.5) is 24.5 Å². The van der Waals surface area contributed by atoms with E-state index >= 15 is 0 Å². The molecule has 0 aliphatic carbocycles. The lowest BCUT2D eigenvalue weighted by Crippen LogP contribution is -2.53. The number of benzene rings is 1. The number of aryl methyl sites for hydroxylation is 1. The zero-order valence-corrected chi connectivity index (χ0v) is 20.0. The highest BCUT2D eigenvalue weighted by atomic mass is 35.5. The van der Waals surface area contributed by atoms with Crippen LogP contribution in [0.5, 0.6) is 0 Å². The Labute approximate surface area is 207 Å². The Kier molecular flexibility index (Phi) is 6.43. The summed E-state index contributed by atoms with van der Waals surface area (Å²) in [5.41, 5.74) is 4.35. The average Bonchev–Trinajstić information content (AvgIpc) is 3.20. The van der Waals surface area contributed by atoms with Gasteiger partial charge in [0.15, 0.2) is 21.3 Å². The summed E-state index contributed by atoms with van der Waals surface area (Å²) in [4.78, 5) is 30.0. The number of carbonyl (C=O) groups is 2. The number of halogens is 4. The summed E-state index contributed by atoms with van der Waals surface area (Å²) < 4.78 is 63.7. The van der Waals surface area contributed by atoms with E-state index < -0.39 is 45.3 Å². The van der Waals surface area contributed by atoms with Crippen LogP contribution >= 0.6 is 11.6 Å². The molecule has 3 aromatic rings. The molecule has 4 N–H and O–H groups in total. The molecule has 1 fully saturated rings. The summed E-state index contributed by atoms with van der Waals surface area (Å²) >= 11 is 6.07. The van der Waals surface area contributed by atoms with E-state index in [0.717, 1.165) is 0 Å². The molecule has 0 unspecified atom stereocenters. The molecule has 0 bridgehead atoms. The van der Waals surface area contributed by atoms with Crippen molar-refractivity contribution in [3.63, 3.8) is 0 Å². The lowest BCUT2D eigenvalue weighted by molar-refractivity contribution is -0.141. The predicted octanol–water partition coefficient (Wildman–Crippen LogP) is 2.61. The summed E-state index contributed by atoms with van der Waals surface area (Å²) in [5.74, 6) is -2.42. The monoisotopic (exact) mass is 542 g/mol. The third-order valence-corrected chi connectivity index (χ3v) is 7.37. The zero-order chi connectivity index (χ0) is 26.4. The van der Waals surface area contributed by atoms with E-state index in [2.05, 4.69) is 20.7 Å². The summed E-state index contributed by atoms with van der Waals surface area (Å²) in [7, 11) is -3.21. The highest BCUT2D eigenvalue weighted by Gasteiger charge is 2.37. The van der Waals surface area contributed by atoms with Crippen LogP contribution in [0, 0.1) is 6.92 Å². The number of amides is 2. The van der Waals surface area contributed by atoms with Crippen molar-refractivity contribution >= 4 is 44.6 Å². The number of aromatic nitrogens is 3.